The standard InChI is InChI=1S/C12H19BrN2O4S2/c1-8(20(3)16)4-5-15-21(17,18)12-7-10(14)9(13)6-11(12)19-2/h6-8,15H,4-5,14H2,1-3H3. The maximum absolute atomic E-state index is 12.3. The van der Waals surface area contributed by atoms with Crippen molar-refractivity contribution in [3.8, 4) is 5.75 Å². The zero-order valence-electron chi connectivity index (χ0n) is 12.1. The quantitative estimate of drug-likeness (QED) is 0.677. The van der Waals surface area contributed by atoms with E-state index >= 15 is 0 Å². The van der Waals surface area contributed by atoms with E-state index in [4.69, 9.17) is 10.5 Å². The zero-order valence-corrected chi connectivity index (χ0v) is 15.3. The predicted octanol–water partition coefficient (Wildman–Crippen LogP) is 1.48. The Morgan fingerprint density at radius 3 is 2.62 bits per heavy atom. The van der Waals surface area contributed by atoms with E-state index in [1.807, 2.05) is 6.92 Å². The Bertz CT molecular complexity index is 634. The number of nitrogens with two attached hydrogens (primary N) is 1. The van der Waals surface area contributed by atoms with Gasteiger partial charge in [-0.1, -0.05) is 6.92 Å². The number of nitrogens with one attached hydrogen (secondary N) is 1. The van der Waals surface area contributed by atoms with Crippen molar-refractivity contribution in [2.45, 2.75) is 23.5 Å². The van der Waals surface area contributed by atoms with Gasteiger partial charge < -0.3 is 10.5 Å². The summed E-state index contributed by atoms with van der Waals surface area (Å²) < 4.78 is 43.9. The fourth-order valence-corrected chi connectivity index (χ4v) is 3.56. The largest absolute Gasteiger partial charge is 0.495 e. The third-order valence-corrected chi connectivity index (χ3v) is 6.52. The summed E-state index contributed by atoms with van der Waals surface area (Å²) in [5.41, 5.74) is 6.03. The number of methoxy groups -OCH3 is 1. The highest BCUT2D eigenvalue weighted by atomic mass is 79.9. The minimum Gasteiger partial charge on any atom is -0.495 e. The number of rotatable bonds is 7. The van der Waals surface area contributed by atoms with Gasteiger partial charge in [0.1, 0.15) is 10.6 Å². The minimum absolute atomic E-state index is 0.0176. The average molecular weight is 399 g/mol. The topological polar surface area (TPSA) is 98.5 Å². The monoisotopic (exact) mass is 398 g/mol. The van der Waals surface area contributed by atoms with Crippen molar-refractivity contribution in [1.29, 1.82) is 0 Å². The van der Waals surface area contributed by atoms with E-state index in [0.29, 0.717) is 16.6 Å². The summed E-state index contributed by atoms with van der Waals surface area (Å²) >= 11 is 3.22. The van der Waals surface area contributed by atoms with Crippen LogP contribution in [0, 0.1) is 0 Å². The molecule has 0 aliphatic carbocycles. The first-order chi connectivity index (χ1) is 9.69. The molecule has 2 unspecified atom stereocenters. The molecule has 1 aromatic rings. The lowest BCUT2D eigenvalue weighted by atomic mass is 10.3. The molecule has 0 amide bonds. The molecule has 9 heteroatoms. The first-order valence-electron chi connectivity index (χ1n) is 6.14. The number of ether oxygens (including phenoxy) is 1. The van der Waals surface area contributed by atoms with Crippen LogP contribution < -0.4 is 15.2 Å². The molecule has 0 saturated carbocycles. The van der Waals surface area contributed by atoms with Gasteiger partial charge in [0.25, 0.3) is 0 Å². The predicted molar refractivity (Wildman–Crippen MR) is 88.4 cm³/mol. The van der Waals surface area contributed by atoms with Crippen molar-refractivity contribution >= 4 is 42.4 Å². The molecule has 0 fully saturated rings. The van der Waals surface area contributed by atoms with E-state index in [1.54, 1.807) is 6.26 Å². The van der Waals surface area contributed by atoms with Crippen molar-refractivity contribution in [2.24, 2.45) is 0 Å². The second-order valence-electron chi connectivity index (χ2n) is 4.52. The van der Waals surface area contributed by atoms with Gasteiger partial charge >= 0.3 is 0 Å². The van der Waals surface area contributed by atoms with E-state index in [1.165, 1.54) is 19.2 Å². The van der Waals surface area contributed by atoms with Crippen molar-refractivity contribution in [3.63, 3.8) is 0 Å². The van der Waals surface area contributed by atoms with E-state index in [9.17, 15) is 12.6 Å². The Balaban J connectivity index is 2.93. The molecule has 6 nitrogen and oxygen atoms in total. The summed E-state index contributed by atoms with van der Waals surface area (Å²) in [7, 11) is -3.33. The molecule has 120 valence electrons. The summed E-state index contributed by atoms with van der Waals surface area (Å²) in [5.74, 6) is 0.204. The second-order valence-corrected chi connectivity index (χ2v) is 8.91. The zero-order chi connectivity index (χ0) is 16.2. The van der Waals surface area contributed by atoms with Crippen LogP contribution in [0.5, 0.6) is 5.75 Å². The Kier molecular flexibility index (Phi) is 6.64. The fourth-order valence-electron chi connectivity index (χ4n) is 1.56. The summed E-state index contributed by atoms with van der Waals surface area (Å²) in [5, 5.41) is -0.0791. The third kappa shape index (κ3) is 4.94. The lowest BCUT2D eigenvalue weighted by molar-refractivity contribution is 0.402. The van der Waals surface area contributed by atoms with Crippen LogP contribution in [0.2, 0.25) is 0 Å². The summed E-state index contributed by atoms with van der Waals surface area (Å²) in [4.78, 5) is -0.0176. The molecule has 0 heterocycles. The van der Waals surface area contributed by atoms with Crippen molar-refractivity contribution in [1.82, 2.24) is 4.72 Å². The van der Waals surface area contributed by atoms with Crippen LogP contribution in [0.25, 0.3) is 0 Å². The molecule has 0 radical (unpaired) electrons. The Hall–Kier alpha value is -0.640. The molecule has 0 aliphatic heterocycles. The maximum Gasteiger partial charge on any atom is 0.244 e. The lowest BCUT2D eigenvalue weighted by Crippen LogP contribution is -2.28. The highest BCUT2D eigenvalue weighted by Crippen LogP contribution is 2.32. The number of sulfonamides is 1. The first kappa shape index (κ1) is 18.4. The normalized spacial score (nSPS) is 14.7. The molecule has 0 saturated heterocycles. The summed E-state index contributed by atoms with van der Waals surface area (Å²) in [6.45, 7) is 2.00. The average Bonchev–Trinajstić information content (AvgIpc) is 2.40. The molecule has 0 aromatic heterocycles. The number of benzene rings is 1. The number of hydrogen-bond acceptors (Lipinski definition) is 5. The molecular formula is C12H19BrN2O4S2. The van der Waals surface area contributed by atoms with Gasteiger partial charge in [0.15, 0.2) is 0 Å². The van der Waals surface area contributed by atoms with E-state index in [-0.39, 0.29) is 22.4 Å². The lowest BCUT2D eigenvalue weighted by Gasteiger charge is -2.13. The molecule has 21 heavy (non-hydrogen) atoms. The van der Waals surface area contributed by atoms with Crippen molar-refractivity contribution in [3.05, 3.63) is 16.6 Å². The van der Waals surface area contributed by atoms with Gasteiger partial charge in [-0.05, 0) is 34.5 Å². The molecule has 1 aromatic carbocycles. The van der Waals surface area contributed by atoms with Crippen LogP contribution in [0.1, 0.15) is 13.3 Å². The van der Waals surface area contributed by atoms with Crippen molar-refractivity contribution in [2.75, 3.05) is 25.6 Å². The number of nitrogen functional groups attached to an aromatic ring is 1. The van der Waals surface area contributed by atoms with Gasteiger partial charge in [0.05, 0.1) is 7.11 Å². The van der Waals surface area contributed by atoms with Gasteiger partial charge in [-0.3, -0.25) is 4.21 Å². The number of anilines is 1. The molecule has 3 N–H and O–H groups in total. The number of halogens is 1. The van der Waals surface area contributed by atoms with Crippen molar-refractivity contribution < 1.29 is 17.4 Å². The summed E-state index contributed by atoms with van der Waals surface area (Å²) in [6, 6.07) is 2.85. The van der Waals surface area contributed by atoms with Crippen LogP contribution in [-0.2, 0) is 20.8 Å². The first-order valence-corrected chi connectivity index (χ1v) is 10.0. The van der Waals surface area contributed by atoms with E-state index in [2.05, 4.69) is 20.7 Å². The fraction of sp³-hybridized carbons (Fsp3) is 0.500. The van der Waals surface area contributed by atoms with Crippen LogP contribution in [0.15, 0.2) is 21.5 Å². The highest BCUT2D eigenvalue weighted by Gasteiger charge is 2.21. The molecule has 0 bridgehead atoms. The Morgan fingerprint density at radius 1 is 1.48 bits per heavy atom. The Labute approximate surface area is 136 Å². The molecule has 0 aliphatic rings. The van der Waals surface area contributed by atoms with Crippen LogP contribution >= 0.6 is 15.9 Å². The number of hydrogen-bond donors (Lipinski definition) is 2. The minimum atomic E-state index is -3.74. The van der Waals surface area contributed by atoms with E-state index < -0.39 is 20.8 Å². The van der Waals surface area contributed by atoms with Crippen LogP contribution in [0.4, 0.5) is 5.69 Å². The highest BCUT2D eigenvalue weighted by molar-refractivity contribution is 9.10. The second kappa shape index (κ2) is 7.57. The SMILES string of the molecule is COc1cc(Br)c(N)cc1S(=O)(=O)NCCC(C)S(C)=O. The maximum atomic E-state index is 12.3. The molecular weight excluding hydrogens is 380 g/mol. The molecule has 0 spiro atoms. The third-order valence-electron chi connectivity index (χ3n) is 2.98. The van der Waals surface area contributed by atoms with Gasteiger partial charge in [-0.25, -0.2) is 13.1 Å². The smallest absolute Gasteiger partial charge is 0.244 e. The molecule has 1 rings (SSSR count). The summed E-state index contributed by atoms with van der Waals surface area (Å²) in [6.07, 6.45) is 2.08. The van der Waals surface area contributed by atoms with E-state index in [0.717, 1.165) is 0 Å². The van der Waals surface area contributed by atoms with Gasteiger partial charge in [-0.15, -0.1) is 0 Å². The van der Waals surface area contributed by atoms with Crippen LogP contribution in [-0.4, -0.2) is 37.8 Å². The van der Waals surface area contributed by atoms with Gasteiger partial charge in [-0.2, -0.15) is 0 Å². The molecule has 2 atom stereocenters. The van der Waals surface area contributed by atoms with Gasteiger partial charge in [0, 0.05) is 39.0 Å². The van der Waals surface area contributed by atoms with Gasteiger partial charge in [0.2, 0.25) is 10.0 Å². The Morgan fingerprint density at radius 2 is 2.10 bits per heavy atom. The van der Waals surface area contributed by atoms with Crippen LogP contribution in [0.3, 0.4) is 0 Å².